The molecule has 3 rings (SSSR count). The molecular weight excluding hydrogens is 268 g/mol. The number of nitrogens with zero attached hydrogens (tertiary/aromatic N) is 1. The van der Waals surface area contributed by atoms with Gasteiger partial charge in [0.15, 0.2) is 0 Å². The van der Waals surface area contributed by atoms with Gasteiger partial charge in [0, 0.05) is 17.3 Å². The van der Waals surface area contributed by atoms with Gasteiger partial charge in [0.1, 0.15) is 6.61 Å². The summed E-state index contributed by atoms with van der Waals surface area (Å²) in [7, 11) is 0. The molecule has 0 radical (unpaired) electrons. The Kier molecular flexibility index (Phi) is 3.90. The van der Waals surface area contributed by atoms with Crippen LogP contribution in [0.2, 0.25) is 0 Å². The summed E-state index contributed by atoms with van der Waals surface area (Å²) < 4.78 is 4.93. The number of carbonyl (C=O) groups is 2. The number of anilines is 2. The summed E-state index contributed by atoms with van der Waals surface area (Å²) >= 11 is 0. The fraction of sp³-hybridized carbons (Fsp3) is 0.375. The van der Waals surface area contributed by atoms with E-state index in [2.05, 4.69) is 17.5 Å². The molecule has 1 fully saturated rings. The highest BCUT2D eigenvalue weighted by Crippen LogP contribution is 2.24. The molecule has 5 nitrogen and oxygen atoms in total. The minimum atomic E-state index is -0.337. The number of ether oxygens (including phenoxy) is 1. The third-order valence-corrected chi connectivity index (χ3v) is 3.83. The summed E-state index contributed by atoms with van der Waals surface area (Å²) in [6, 6.07) is 7.31. The van der Waals surface area contributed by atoms with Gasteiger partial charge < -0.3 is 10.1 Å². The average Bonchev–Trinajstić information content (AvgIpc) is 2.94. The highest BCUT2D eigenvalue weighted by atomic mass is 16.6. The molecular formula is C16H18N2O3. The number of carbonyl (C=O) groups excluding carboxylic acids is 2. The molecule has 0 saturated carbocycles. The summed E-state index contributed by atoms with van der Waals surface area (Å²) in [4.78, 5) is 25.3. The van der Waals surface area contributed by atoms with Gasteiger partial charge >= 0.3 is 6.09 Å². The second-order valence-electron chi connectivity index (χ2n) is 5.29. The molecule has 0 aromatic heterocycles. The highest BCUT2D eigenvalue weighted by Gasteiger charge is 2.24. The molecule has 0 spiro atoms. The molecule has 0 bridgehead atoms. The molecule has 1 atom stereocenters. The lowest BCUT2D eigenvalue weighted by atomic mass is 9.93. The maximum absolute atomic E-state index is 12.2. The van der Waals surface area contributed by atoms with Crippen LogP contribution in [0.3, 0.4) is 0 Å². The first kappa shape index (κ1) is 13.7. The third-order valence-electron chi connectivity index (χ3n) is 3.83. The number of amides is 2. The van der Waals surface area contributed by atoms with Crippen LogP contribution in [0.5, 0.6) is 0 Å². The fourth-order valence-electron chi connectivity index (χ4n) is 2.66. The summed E-state index contributed by atoms with van der Waals surface area (Å²) in [5.74, 6) is 0.0795. The highest BCUT2D eigenvalue weighted by molar-refractivity contribution is 5.94. The van der Waals surface area contributed by atoms with Gasteiger partial charge in [0.25, 0.3) is 0 Å². The van der Waals surface area contributed by atoms with E-state index in [0.29, 0.717) is 18.8 Å². The largest absolute Gasteiger partial charge is 0.447 e. The van der Waals surface area contributed by atoms with Gasteiger partial charge in [0.05, 0.1) is 6.54 Å². The molecule has 1 saturated heterocycles. The Labute approximate surface area is 123 Å². The van der Waals surface area contributed by atoms with E-state index in [0.717, 1.165) is 24.9 Å². The zero-order valence-corrected chi connectivity index (χ0v) is 11.7. The molecule has 1 aromatic carbocycles. The van der Waals surface area contributed by atoms with E-state index in [4.69, 9.17) is 4.74 Å². The molecule has 1 unspecified atom stereocenters. The molecule has 1 heterocycles. The van der Waals surface area contributed by atoms with Crippen LogP contribution >= 0.6 is 0 Å². The minimum Gasteiger partial charge on any atom is -0.447 e. The van der Waals surface area contributed by atoms with Crippen molar-refractivity contribution in [2.75, 3.05) is 23.4 Å². The van der Waals surface area contributed by atoms with Crippen LogP contribution in [-0.4, -0.2) is 25.2 Å². The first-order valence-electron chi connectivity index (χ1n) is 7.24. The zero-order chi connectivity index (χ0) is 14.7. The lowest BCUT2D eigenvalue weighted by Gasteiger charge is -2.18. The van der Waals surface area contributed by atoms with E-state index in [1.807, 2.05) is 24.3 Å². The van der Waals surface area contributed by atoms with Crippen molar-refractivity contribution < 1.29 is 14.3 Å². The number of cyclic esters (lactones) is 1. The van der Waals surface area contributed by atoms with Crippen molar-refractivity contribution in [3.8, 4) is 0 Å². The van der Waals surface area contributed by atoms with Gasteiger partial charge in [-0.15, -0.1) is 0 Å². The number of benzene rings is 1. The third kappa shape index (κ3) is 3.07. The molecule has 2 aliphatic rings. The van der Waals surface area contributed by atoms with Crippen molar-refractivity contribution in [2.45, 2.75) is 19.3 Å². The minimum absolute atomic E-state index is 0.0374. The summed E-state index contributed by atoms with van der Waals surface area (Å²) in [6.45, 7) is 0.952. The number of allylic oxidation sites excluding steroid dienone is 2. The maximum atomic E-state index is 12.2. The monoisotopic (exact) mass is 286 g/mol. The van der Waals surface area contributed by atoms with Crippen LogP contribution in [0.25, 0.3) is 0 Å². The Bertz CT molecular complexity index is 583. The second-order valence-corrected chi connectivity index (χ2v) is 5.29. The molecule has 21 heavy (non-hydrogen) atoms. The smallest absolute Gasteiger partial charge is 0.414 e. The predicted molar refractivity (Wildman–Crippen MR) is 80.2 cm³/mol. The van der Waals surface area contributed by atoms with Crippen LogP contribution in [0.1, 0.15) is 19.3 Å². The second kappa shape index (κ2) is 5.99. The summed E-state index contributed by atoms with van der Waals surface area (Å²) in [5.41, 5.74) is 1.46. The number of hydrogen-bond acceptors (Lipinski definition) is 3. The lowest BCUT2D eigenvalue weighted by Crippen LogP contribution is -2.25. The van der Waals surface area contributed by atoms with E-state index in [-0.39, 0.29) is 17.9 Å². The van der Waals surface area contributed by atoms with Gasteiger partial charge in [-0.2, -0.15) is 0 Å². The molecule has 110 valence electrons. The van der Waals surface area contributed by atoms with E-state index >= 15 is 0 Å². The van der Waals surface area contributed by atoms with Gasteiger partial charge in [-0.1, -0.05) is 18.2 Å². The lowest BCUT2D eigenvalue weighted by molar-refractivity contribution is -0.120. The Morgan fingerprint density at radius 3 is 2.95 bits per heavy atom. The molecule has 1 aliphatic heterocycles. The predicted octanol–water partition coefficient (Wildman–Crippen LogP) is 2.94. The first-order chi connectivity index (χ1) is 10.2. The Balaban J connectivity index is 1.69. The number of hydrogen-bond donors (Lipinski definition) is 1. The van der Waals surface area contributed by atoms with E-state index in [1.54, 1.807) is 4.90 Å². The van der Waals surface area contributed by atoms with Crippen LogP contribution in [0.4, 0.5) is 16.2 Å². The first-order valence-corrected chi connectivity index (χ1v) is 7.24. The normalized spacial score (nSPS) is 21.2. The Morgan fingerprint density at radius 2 is 2.24 bits per heavy atom. The van der Waals surface area contributed by atoms with Gasteiger partial charge in [-0.3, -0.25) is 9.69 Å². The quantitative estimate of drug-likeness (QED) is 0.869. The number of nitrogens with one attached hydrogen (secondary N) is 1. The fourth-order valence-corrected chi connectivity index (χ4v) is 2.66. The van der Waals surface area contributed by atoms with E-state index in [9.17, 15) is 9.59 Å². The molecule has 1 aromatic rings. The van der Waals surface area contributed by atoms with Crippen molar-refractivity contribution in [1.82, 2.24) is 0 Å². The molecule has 5 heteroatoms. The van der Waals surface area contributed by atoms with Gasteiger partial charge in [0.2, 0.25) is 5.91 Å². The van der Waals surface area contributed by atoms with E-state index in [1.165, 1.54) is 0 Å². The molecule has 1 aliphatic carbocycles. The summed E-state index contributed by atoms with van der Waals surface area (Å²) in [5, 5.41) is 2.94. The van der Waals surface area contributed by atoms with Crippen molar-refractivity contribution >= 4 is 23.4 Å². The van der Waals surface area contributed by atoms with Crippen LogP contribution < -0.4 is 10.2 Å². The Morgan fingerprint density at radius 1 is 1.33 bits per heavy atom. The summed E-state index contributed by atoms with van der Waals surface area (Å²) in [6.07, 6.45) is 6.48. The zero-order valence-electron chi connectivity index (χ0n) is 11.7. The van der Waals surface area contributed by atoms with Gasteiger partial charge in [-0.05, 0) is 37.5 Å². The SMILES string of the molecule is O=C(Nc1cccc(N2CCOC2=O)c1)C1CC=CCC1. The van der Waals surface area contributed by atoms with E-state index < -0.39 is 0 Å². The maximum Gasteiger partial charge on any atom is 0.414 e. The number of rotatable bonds is 3. The van der Waals surface area contributed by atoms with Crippen molar-refractivity contribution in [3.63, 3.8) is 0 Å². The van der Waals surface area contributed by atoms with Crippen molar-refractivity contribution in [2.24, 2.45) is 5.92 Å². The van der Waals surface area contributed by atoms with Crippen molar-refractivity contribution in [3.05, 3.63) is 36.4 Å². The van der Waals surface area contributed by atoms with Crippen molar-refractivity contribution in [1.29, 1.82) is 0 Å². The van der Waals surface area contributed by atoms with Gasteiger partial charge in [-0.25, -0.2) is 4.79 Å². The molecule has 2 amide bonds. The standard InChI is InChI=1S/C16H18N2O3/c19-15(12-5-2-1-3-6-12)17-13-7-4-8-14(11-13)18-9-10-21-16(18)20/h1-2,4,7-8,11-12H,3,5-6,9-10H2,(H,17,19). The molecule has 1 N–H and O–H groups in total. The average molecular weight is 286 g/mol. The Hall–Kier alpha value is -2.30. The van der Waals surface area contributed by atoms with Crippen LogP contribution in [-0.2, 0) is 9.53 Å². The van der Waals surface area contributed by atoms with Crippen LogP contribution in [0.15, 0.2) is 36.4 Å². The topological polar surface area (TPSA) is 58.6 Å². The van der Waals surface area contributed by atoms with Crippen LogP contribution in [0, 0.1) is 5.92 Å².